The van der Waals surface area contributed by atoms with Crippen molar-refractivity contribution in [3.05, 3.63) is 24.3 Å². The van der Waals surface area contributed by atoms with Crippen LogP contribution >= 0.6 is 10.2 Å². The van der Waals surface area contributed by atoms with Gasteiger partial charge in [-0.05, 0) is 48.9 Å². The molecule has 0 aromatic heterocycles. The van der Waals surface area contributed by atoms with E-state index in [1.807, 2.05) is 0 Å². The van der Waals surface area contributed by atoms with Gasteiger partial charge in [-0.2, -0.15) is 0 Å². The van der Waals surface area contributed by atoms with Crippen molar-refractivity contribution < 1.29 is 24.2 Å². The van der Waals surface area contributed by atoms with Crippen molar-refractivity contribution in [3.63, 3.8) is 0 Å². The van der Waals surface area contributed by atoms with Crippen LogP contribution in [0.15, 0.2) is 29.2 Å². The van der Waals surface area contributed by atoms with Gasteiger partial charge in [-0.25, -0.2) is 0 Å². The van der Waals surface area contributed by atoms with Gasteiger partial charge in [0.2, 0.25) is 0 Å². The topological polar surface area (TPSA) is 9.23 Å². The summed E-state index contributed by atoms with van der Waals surface area (Å²) < 4.78 is 68.9. The summed E-state index contributed by atoms with van der Waals surface area (Å²) in [5, 5.41) is 0. The van der Waals surface area contributed by atoms with E-state index in [0.717, 1.165) is 30.9 Å². The summed E-state index contributed by atoms with van der Waals surface area (Å²) in [6.07, 6.45) is 10.9. The van der Waals surface area contributed by atoms with Crippen LogP contribution in [0.2, 0.25) is 0 Å². The van der Waals surface area contributed by atoms with Gasteiger partial charge in [0, 0.05) is 0 Å². The molecule has 1 aliphatic carbocycles. The van der Waals surface area contributed by atoms with Crippen molar-refractivity contribution in [2.75, 3.05) is 6.61 Å². The lowest BCUT2D eigenvalue weighted by Crippen LogP contribution is -2.20. The minimum Gasteiger partial charge on any atom is -0.493 e. The molecule has 1 saturated carbocycles. The molecule has 1 nitrogen and oxygen atoms in total. The summed E-state index contributed by atoms with van der Waals surface area (Å²) in [5.74, 6) is 1.37. The molecule has 0 amide bonds. The number of halogens is 5. The highest BCUT2D eigenvalue weighted by atomic mass is 32.5. The van der Waals surface area contributed by atoms with Gasteiger partial charge in [-0.1, -0.05) is 71.3 Å². The van der Waals surface area contributed by atoms with E-state index < -0.39 is 15.1 Å². The summed E-state index contributed by atoms with van der Waals surface area (Å²) in [4.78, 5) is -1.87. The molecule has 0 aliphatic heterocycles. The van der Waals surface area contributed by atoms with Gasteiger partial charge in [0.05, 0.1) is 6.61 Å². The largest absolute Gasteiger partial charge is 0.493 e. The molecule has 0 spiro atoms. The summed E-state index contributed by atoms with van der Waals surface area (Å²) in [6, 6.07) is 2.77. The number of hydrogen-bond acceptors (Lipinski definition) is 1. The fourth-order valence-electron chi connectivity index (χ4n) is 3.55. The average molecular weight is 400 g/mol. The van der Waals surface area contributed by atoms with Crippen LogP contribution in [0.4, 0.5) is 19.4 Å². The zero-order valence-electron chi connectivity index (χ0n) is 15.2. The lowest BCUT2D eigenvalue weighted by Gasteiger charge is -2.40. The van der Waals surface area contributed by atoms with Gasteiger partial charge in [0.1, 0.15) is 10.6 Å². The smallest absolute Gasteiger partial charge is 0.310 e. The molecule has 2 rings (SSSR count). The molecule has 0 N–H and O–H groups in total. The van der Waals surface area contributed by atoms with Crippen LogP contribution in [0, 0.1) is 11.8 Å². The fourth-order valence-corrected chi connectivity index (χ4v) is 4.20. The average Bonchev–Trinajstić information content (AvgIpc) is 2.56. The Morgan fingerprint density at radius 2 is 1.42 bits per heavy atom. The van der Waals surface area contributed by atoms with Crippen LogP contribution in [-0.4, -0.2) is 6.61 Å². The number of unbranched alkanes of at least 4 members (excludes halogenated alkanes) is 3. The molecule has 7 heteroatoms. The van der Waals surface area contributed by atoms with Crippen molar-refractivity contribution in [2.45, 2.75) is 69.6 Å². The van der Waals surface area contributed by atoms with E-state index in [0.29, 0.717) is 24.7 Å². The van der Waals surface area contributed by atoms with E-state index in [1.165, 1.54) is 44.9 Å². The Bertz CT molecular complexity index is 562. The molecule has 152 valence electrons. The highest BCUT2D eigenvalue weighted by Gasteiger charge is 2.65. The molecule has 26 heavy (non-hydrogen) atoms. The normalized spacial score (nSPS) is 23.9. The summed E-state index contributed by atoms with van der Waals surface area (Å²) in [5.41, 5.74) is 0. The van der Waals surface area contributed by atoms with E-state index >= 15 is 0 Å². The minimum atomic E-state index is -9.60. The minimum absolute atomic E-state index is 0.206. The first-order chi connectivity index (χ1) is 12.0. The van der Waals surface area contributed by atoms with Crippen molar-refractivity contribution >= 4 is 10.2 Å². The van der Waals surface area contributed by atoms with Gasteiger partial charge in [0.15, 0.2) is 0 Å². The third-order valence-corrected chi connectivity index (χ3v) is 6.35. The quantitative estimate of drug-likeness (QED) is 0.298. The summed E-state index contributed by atoms with van der Waals surface area (Å²) >= 11 is 0. The Hall–Kier alpha value is -0.980. The number of benzene rings is 1. The highest BCUT2D eigenvalue weighted by molar-refractivity contribution is 8.45. The molecule has 0 heterocycles. The maximum Gasteiger partial charge on any atom is 0.310 e. The Balaban J connectivity index is 1.74. The van der Waals surface area contributed by atoms with Crippen LogP contribution in [0.5, 0.6) is 5.75 Å². The van der Waals surface area contributed by atoms with Crippen molar-refractivity contribution in [1.29, 1.82) is 0 Å². The second-order valence-electron chi connectivity index (χ2n) is 7.49. The summed E-state index contributed by atoms with van der Waals surface area (Å²) in [6.45, 7) is 2.63. The Labute approximate surface area is 153 Å². The Kier molecular flexibility index (Phi) is 6.20. The van der Waals surface area contributed by atoms with Gasteiger partial charge < -0.3 is 4.74 Å². The third kappa shape index (κ3) is 6.97. The Morgan fingerprint density at radius 3 is 1.96 bits per heavy atom. The van der Waals surface area contributed by atoms with E-state index in [2.05, 4.69) is 6.92 Å². The number of rotatable bonds is 9. The van der Waals surface area contributed by atoms with E-state index in [9.17, 15) is 19.4 Å². The predicted molar refractivity (Wildman–Crippen MR) is 97.5 cm³/mol. The molecule has 1 aromatic rings. The van der Waals surface area contributed by atoms with E-state index in [-0.39, 0.29) is 5.75 Å². The highest BCUT2D eigenvalue weighted by Crippen LogP contribution is 3.02. The van der Waals surface area contributed by atoms with Gasteiger partial charge in [-0.3, -0.25) is 0 Å². The second kappa shape index (κ2) is 7.56. The second-order valence-corrected chi connectivity index (χ2v) is 9.90. The lowest BCUT2D eigenvalue weighted by atomic mass is 9.80. The number of hydrogen-bond donors (Lipinski definition) is 0. The van der Waals surface area contributed by atoms with Crippen LogP contribution in [0.25, 0.3) is 0 Å². The monoisotopic (exact) mass is 400 g/mol. The maximum absolute atomic E-state index is 12.7. The molecule has 0 unspecified atom stereocenters. The van der Waals surface area contributed by atoms with Crippen LogP contribution < -0.4 is 4.74 Å². The van der Waals surface area contributed by atoms with Gasteiger partial charge >= 0.3 is 10.2 Å². The summed E-state index contributed by atoms with van der Waals surface area (Å²) in [7, 11) is -9.60. The van der Waals surface area contributed by atoms with Gasteiger partial charge in [0.25, 0.3) is 0 Å². The predicted octanol–water partition coefficient (Wildman–Crippen LogP) is 8.50. The SMILES string of the molecule is CCCCCC[C@H]1CC[C@H](COc2ccc(S(F)(F)(F)(F)F)cc2)CC1. The molecule has 0 radical (unpaired) electrons. The first-order valence-corrected chi connectivity index (χ1v) is 11.4. The maximum atomic E-state index is 12.7. The third-order valence-electron chi connectivity index (χ3n) is 5.19. The zero-order valence-corrected chi connectivity index (χ0v) is 16.1. The standard InChI is InChI=1S/C19H29F5OS/c1-2-3-4-5-6-16-7-9-17(10-8-16)15-25-18-11-13-19(14-12-18)26(20,21,22,23)24/h11-14,16-17H,2-10,15H2,1H3/t16-,17-. The van der Waals surface area contributed by atoms with Crippen molar-refractivity contribution in [1.82, 2.24) is 0 Å². The Morgan fingerprint density at radius 1 is 0.846 bits per heavy atom. The number of ether oxygens (including phenoxy) is 1. The molecule has 0 atom stereocenters. The fraction of sp³-hybridized carbons (Fsp3) is 0.684. The molecule has 1 aliphatic rings. The lowest BCUT2D eigenvalue weighted by molar-refractivity contribution is 0.177. The molecular weight excluding hydrogens is 371 g/mol. The molecule has 1 aromatic carbocycles. The van der Waals surface area contributed by atoms with Gasteiger partial charge in [-0.15, -0.1) is 0 Å². The first-order valence-electron chi connectivity index (χ1n) is 9.45. The van der Waals surface area contributed by atoms with Crippen molar-refractivity contribution in [2.24, 2.45) is 11.8 Å². The van der Waals surface area contributed by atoms with E-state index in [4.69, 9.17) is 4.74 Å². The molecular formula is C19H29F5OS. The molecule has 0 bridgehead atoms. The first kappa shape index (κ1) is 21.3. The molecule has 1 fully saturated rings. The van der Waals surface area contributed by atoms with Crippen molar-refractivity contribution in [3.8, 4) is 5.75 Å². The van der Waals surface area contributed by atoms with Crippen LogP contribution in [0.1, 0.15) is 64.7 Å². The van der Waals surface area contributed by atoms with Crippen LogP contribution in [-0.2, 0) is 0 Å². The van der Waals surface area contributed by atoms with Crippen LogP contribution in [0.3, 0.4) is 0 Å². The van der Waals surface area contributed by atoms with E-state index in [1.54, 1.807) is 0 Å². The zero-order chi connectivity index (χ0) is 19.3. The molecule has 0 saturated heterocycles.